The molecule has 0 N–H and O–H groups in total. The van der Waals surface area contributed by atoms with Crippen molar-refractivity contribution in [2.75, 3.05) is 0 Å². The molecule has 4 aliphatic rings. The van der Waals surface area contributed by atoms with Gasteiger partial charge in [-0.3, -0.25) is 0 Å². The second-order valence-corrected chi connectivity index (χ2v) is 19.3. The lowest BCUT2D eigenvalue weighted by atomic mass is 9.44. The van der Waals surface area contributed by atoms with Gasteiger partial charge in [0.1, 0.15) is 0 Å². The Hall–Kier alpha value is 0.177. The highest BCUT2D eigenvalue weighted by atomic mass is 28.4. The zero-order valence-electron chi connectivity index (χ0n) is 23.7. The largest absolute Gasteiger partial charge is 0.414 e. The molecule has 0 spiro atoms. The van der Waals surface area contributed by atoms with E-state index < -0.39 is 8.32 Å². The van der Waals surface area contributed by atoms with Crippen molar-refractivity contribution in [3.63, 3.8) is 0 Å². The summed E-state index contributed by atoms with van der Waals surface area (Å²) in [5.74, 6) is 6.76. The zero-order valence-corrected chi connectivity index (χ0v) is 24.7. The molecule has 0 amide bonds. The number of fused-ring (bicyclic) bond motifs is 5. The van der Waals surface area contributed by atoms with Crippen LogP contribution < -0.4 is 0 Å². The fourth-order valence-electron chi connectivity index (χ4n) is 9.88. The number of hydrogen-bond donors (Lipinski definition) is 0. The maximum Gasteiger partial charge on any atom is 0.186 e. The second kappa shape index (κ2) is 9.91. The minimum atomic E-state index is -1.44. The molecule has 0 aromatic rings. The van der Waals surface area contributed by atoms with Crippen LogP contribution in [-0.2, 0) is 4.43 Å². The van der Waals surface area contributed by atoms with E-state index in [9.17, 15) is 0 Å². The summed E-state index contributed by atoms with van der Waals surface area (Å²) in [6.45, 7) is 20.1. The standard InChI is InChI=1S/C31H58OSi/c1-9-33(7,8)32-25-17-19-30(5)24(21-25)13-14-26-28-16-15-27(23(4)12-10-11-22(2)3)31(28,6)20-18-29(26)30/h22-29H,9-21H2,1-8H3/t23?,24-,25-,26?,27?,28?,29?,30?,31?/m0/s1. The molecule has 7 unspecified atom stereocenters. The molecule has 4 rings (SSSR count). The average molecular weight is 475 g/mol. The summed E-state index contributed by atoms with van der Waals surface area (Å²) < 4.78 is 6.77. The maximum absolute atomic E-state index is 6.77. The van der Waals surface area contributed by atoms with Gasteiger partial charge >= 0.3 is 0 Å². The molecule has 4 saturated carbocycles. The summed E-state index contributed by atoms with van der Waals surface area (Å²) in [7, 11) is -1.44. The van der Waals surface area contributed by atoms with Gasteiger partial charge in [0.2, 0.25) is 0 Å². The van der Waals surface area contributed by atoms with Crippen molar-refractivity contribution in [1.82, 2.24) is 0 Å². The van der Waals surface area contributed by atoms with Gasteiger partial charge in [-0.15, -0.1) is 0 Å². The first-order valence-electron chi connectivity index (χ1n) is 15.2. The SMILES string of the molecule is CC[Si](C)(C)O[C@H]1CCC2(C)C3CCC4(C)C(C(C)CCCC(C)C)CCC4C3CC[C@H]2C1. The quantitative estimate of drug-likeness (QED) is 0.318. The molecule has 1 nitrogen and oxygen atoms in total. The molecule has 0 heterocycles. The highest BCUT2D eigenvalue weighted by Crippen LogP contribution is 2.68. The molecule has 2 heteroatoms. The van der Waals surface area contributed by atoms with Crippen LogP contribution in [0.25, 0.3) is 0 Å². The Kier molecular flexibility index (Phi) is 7.88. The van der Waals surface area contributed by atoms with Crippen LogP contribution in [0.4, 0.5) is 0 Å². The van der Waals surface area contributed by atoms with E-state index in [1.807, 2.05) is 0 Å². The molecule has 0 bridgehead atoms. The lowest BCUT2D eigenvalue weighted by molar-refractivity contribution is -0.127. The summed E-state index contributed by atoms with van der Waals surface area (Å²) in [6.07, 6.45) is 18.2. The van der Waals surface area contributed by atoms with E-state index in [1.165, 1.54) is 76.7 Å². The highest BCUT2D eigenvalue weighted by Gasteiger charge is 2.60. The third-order valence-electron chi connectivity index (χ3n) is 12.2. The molecule has 0 aromatic carbocycles. The normalized spacial score (nSPS) is 44.3. The Morgan fingerprint density at radius 3 is 2.24 bits per heavy atom. The average Bonchev–Trinajstić information content (AvgIpc) is 3.11. The lowest BCUT2D eigenvalue weighted by Gasteiger charge is -2.61. The van der Waals surface area contributed by atoms with E-state index in [2.05, 4.69) is 54.6 Å². The van der Waals surface area contributed by atoms with Crippen LogP contribution in [-0.4, -0.2) is 14.4 Å². The highest BCUT2D eigenvalue weighted by molar-refractivity contribution is 6.71. The van der Waals surface area contributed by atoms with Gasteiger partial charge in [-0.2, -0.15) is 0 Å². The first kappa shape index (κ1) is 26.2. The molecule has 192 valence electrons. The zero-order chi connectivity index (χ0) is 24.0. The molecule has 4 fully saturated rings. The monoisotopic (exact) mass is 474 g/mol. The Labute approximate surface area is 208 Å². The fourth-order valence-corrected chi connectivity index (χ4v) is 11.2. The predicted molar refractivity (Wildman–Crippen MR) is 146 cm³/mol. The van der Waals surface area contributed by atoms with Crippen LogP contribution >= 0.6 is 0 Å². The van der Waals surface area contributed by atoms with Gasteiger partial charge in [-0.25, -0.2) is 0 Å². The molecule has 0 saturated heterocycles. The van der Waals surface area contributed by atoms with Crippen molar-refractivity contribution in [1.29, 1.82) is 0 Å². The van der Waals surface area contributed by atoms with Crippen LogP contribution in [0.15, 0.2) is 0 Å². The van der Waals surface area contributed by atoms with Crippen LogP contribution in [0.1, 0.15) is 119 Å². The van der Waals surface area contributed by atoms with E-state index in [0.717, 1.165) is 41.4 Å². The third kappa shape index (κ3) is 5.05. The summed E-state index contributed by atoms with van der Waals surface area (Å²) >= 11 is 0. The maximum atomic E-state index is 6.77. The van der Waals surface area contributed by atoms with Gasteiger partial charge in [-0.05, 0) is 129 Å². The van der Waals surface area contributed by atoms with Crippen LogP contribution in [0, 0.1) is 52.3 Å². The van der Waals surface area contributed by atoms with Crippen molar-refractivity contribution in [2.24, 2.45) is 52.3 Å². The molecule has 0 aromatic heterocycles. The van der Waals surface area contributed by atoms with Crippen LogP contribution in [0.2, 0.25) is 19.1 Å². The Morgan fingerprint density at radius 2 is 1.55 bits per heavy atom. The van der Waals surface area contributed by atoms with E-state index in [0.29, 0.717) is 16.9 Å². The number of rotatable bonds is 8. The van der Waals surface area contributed by atoms with Crippen molar-refractivity contribution in [2.45, 2.75) is 144 Å². The Bertz CT molecular complexity index is 657. The van der Waals surface area contributed by atoms with Gasteiger partial charge in [-0.1, -0.05) is 60.8 Å². The van der Waals surface area contributed by atoms with Crippen molar-refractivity contribution in [3.8, 4) is 0 Å². The predicted octanol–water partition coefficient (Wildman–Crippen LogP) is 9.72. The van der Waals surface area contributed by atoms with E-state index in [-0.39, 0.29) is 0 Å². The second-order valence-electron chi connectivity index (χ2n) is 14.8. The molecular formula is C31H58OSi. The molecule has 0 radical (unpaired) electrons. The lowest BCUT2D eigenvalue weighted by Crippen LogP contribution is -2.54. The Morgan fingerprint density at radius 1 is 0.848 bits per heavy atom. The molecule has 4 aliphatic carbocycles. The topological polar surface area (TPSA) is 9.23 Å². The van der Waals surface area contributed by atoms with E-state index >= 15 is 0 Å². The van der Waals surface area contributed by atoms with Gasteiger partial charge in [0.25, 0.3) is 0 Å². The number of hydrogen-bond acceptors (Lipinski definition) is 1. The molecule has 0 aliphatic heterocycles. The van der Waals surface area contributed by atoms with Crippen molar-refractivity contribution >= 4 is 8.32 Å². The first-order valence-corrected chi connectivity index (χ1v) is 18.3. The molecular weight excluding hydrogens is 416 g/mol. The fraction of sp³-hybridized carbons (Fsp3) is 1.00. The van der Waals surface area contributed by atoms with Crippen LogP contribution in [0.5, 0.6) is 0 Å². The van der Waals surface area contributed by atoms with E-state index in [1.54, 1.807) is 6.42 Å². The first-order chi connectivity index (χ1) is 15.5. The van der Waals surface area contributed by atoms with Gasteiger partial charge in [0, 0.05) is 6.10 Å². The summed E-state index contributed by atoms with van der Waals surface area (Å²) in [5.41, 5.74) is 1.24. The minimum absolute atomic E-state index is 0.567. The van der Waals surface area contributed by atoms with E-state index in [4.69, 9.17) is 4.43 Å². The molecule has 33 heavy (non-hydrogen) atoms. The summed E-state index contributed by atoms with van der Waals surface area (Å²) in [4.78, 5) is 0. The third-order valence-corrected chi connectivity index (χ3v) is 14.8. The van der Waals surface area contributed by atoms with Gasteiger partial charge in [0.05, 0.1) is 0 Å². The summed E-state index contributed by atoms with van der Waals surface area (Å²) in [5, 5.41) is 0. The van der Waals surface area contributed by atoms with Crippen LogP contribution in [0.3, 0.4) is 0 Å². The smallest absolute Gasteiger partial charge is 0.186 e. The molecule has 9 atom stereocenters. The van der Waals surface area contributed by atoms with Gasteiger partial charge in [0.15, 0.2) is 8.32 Å². The van der Waals surface area contributed by atoms with Gasteiger partial charge < -0.3 is 4.43 Å². The van der Waals surface area contributed by atoms with Crippen molar-refractivity contribution in [3.05, 3.63) is 0 Å². The van der Waals surface area contributed by atoms with Crippen molar-refractivity contribution < 1.29 is 4.43 Å². The minimum Gasteiger partial charge on any atom is -0.414 e. The Balaban J connectivity index is 1.41. The summed E-state index contributed by atoms with van der Waals surface area (Å²) in [6, 6.07) is 1.26.